The maximum absolute atomic E-state index is 11.8. The van der Waals surface area contributed by atoms with E-state index in [4.69, 9.17) is 5.41 Å². The van der Waals surface area contributed by atoms with Crippen LogP contribution in [0.4, 0.5) is 0 Å². The number of rotatable bonds is 8. The van der Waals surface area contributed by atoms with Gasteiger partial charge in [0.25, 0.3) is 0 Å². The molecule has 154 valence electrons. The van der Waals surface area contributed by atoms with Crippen LogP contribution in [0.25, 0.3) is 0 Å². The van der Waals surface area contributed by atoms with Crippen molar-refractivity contribution in [2.45, 2.75) is 64.1 Å². The monoisotopic (exact) mass is 385 g/mol. The van der Waals surface area contributed by atoms with Crippen LogP contribution in [0.5, 0.6) is 0 Å². The number of aliphatic imine (C=N–C) groups is 1. The number of piperidine rings is 1. The van der Waals surface area contributed by atoms with Crippen LogP contribution in [0.15, 0.2) is 39.6 Å². The molecule has 0 saturated carbocycles. The third kappa shape index (κ3) is 6.33. The van der Waals surface area contributed by atoms with Gasteiger partial charge in [-0.25, -0.2) is 0 Å². The normalized spacial score (nSPS) is 23.4. The van der Waals surface area contributed by atoms with Gasteiger partial charge in [0.05, 0.1) is 5.70 Å². The molecule has 1 fully saturated rings. The predicted molar refractivity (Wildman–Crippen MR) is 117 cm³/mol. The van der Waals surface area contributed by atoms with Crippen LogP contribution < -0.4 is 16.0 Å². The molecule has 0 atom stereocenters. The molecule has 0 aliphatic carbocycles. The average molecular weight is 386 g/mol. The van der Waals surface area contributed by atoms with Gasteiger partial charge in [0.15, 0.2) is 6.29 Å². The van der Waals surface area contributed by atoms with E-state index in [-0.39, 0.29) is 11.1 Å². The van der Waals surface area contributed by atoms with Gasteiger partial charge in [-0.05, 0) is 84.0 Å². The summed E-state index contributed by atoms with van der Waals surface area (Å²) >= 11 is 0. The lowest BCUT2D eigenvalue weighted by atomic mass is 9.82. The SMILES string of the molecule is C=N/C(=C\C(C=O)=C(\C=N)CNC1CCNCC1)C1=CC(C)(C)NC(C)(C)C1. The summed E-state index contributed by atoms with van der Waals surface area (Å²) in [7, 11) is 0. The lowest BCUT2D eigenvalue weighted by Gasteiger charge is -2.41. The van der Waals surface area contributed by atoms with Gasteiger partial charge in [0.2, 0.25) is 0 Å². The van der Waals surface area contributed by atoms with Crippen molar-refractivity contribution in [3.63, 3.8) is 0 Å². The van der Waals surface area contributed by atoms with E-state index in [2.05, 4.69) is 61.4 Å². The van der Waals surface area contributed by atoms with E-state index >= 15 is 0 Å². The molecule has 4 N–H and O–H groups in total. The molecule has 0 unspecified atom stereocenters. The molecule has 6 nitrogen and oxygen atoms in total. The van der Waals surface area contributed by atoms with E-state index in [0.717, 1.165) is 44.2 Å². The Kier molecular flexibility index (Phi) is 7.63. The topological polar surface area (TPSA) is 89.4 Å². The molecular weight excluding hydrogens is 350 g/mol. The summed E-state index contributed by atoms with van der Waals surface area (Å²) in [4.78, 5) is 16.0. The van der Waals surface area contributed by atoms with Crippen molar-refractivity contribution in [1.29, 1.82) is 5.41 Å². The van der Waals surface area contributed by atoms with Gasteiger partial charge in [0, 0.05) is 35.5 Å². The van der Waals surface area contributed by atoms with Crippen LogP contribution in [0.3, 0.4) is 0 Å². The van der Waals surface area contributed by atoms with Crippen LogP contribution in [-0.2, 0) is 4.79 Å². The summed E-state index contributed by atoms with van der Waals surface area (Å²) in [6, 6.07) is 0.416. The van der Waals surface area contributed by atoms with E-state index in [1.54, 1.807) is 6.08 Å². The second-order valence-electron chi connectivity index (χ2n) is 8.91. The Morgan fingerprint density at radius 1 is 1.36 bits per heavy atom. The second kappa shape index (κ2) is 9.54. The van der Waals surface area contributed by atoms with Gasteiger partial charge in [-0.3, -0.25) is 9.79 Å². The van der Waals surface area contributed by atoms with Gasteiger partial charge in [-0.15, -0.1) is 0 Å². The van der Waals surface area contributed by atoms with Crippen molar-refractivity contribution >= 4 is 19.2 Å². The minimum absolute atomic E-state index is 0.0800. The zero-order valence-corrected chi connectivity index (χ0v) is 17.7. The summed E-state index contributed by atoms with van der Waals surface area (Å²) < 4.78 is 0. The summed E-state index contributed by atoms with van der Waals surface area (Å²) in [5, 5.41) is 18.2. The Morgan fingerprint density at radius 2 is 2.04 bits per heavy atom. The van der Waals surface area contributed by atoms with Crippen molar-refractivity contribution < 1.29 is 4.79 Å². The van der Waals surface area contributed by atoms with Crippen molar-refractivity contribution in [2.24, 2.45) is 4.99 Å². The predicted octanol–water partition coefficient (Wildman–Crippen LogP) is 2.53. The number of nitrogens with zero attached hydrogens (tertiary/aromatic N) is 1. The third-order valence-corrected chi connectivity index (χ3v) is 5.21. The van der Waals surface area contributed by atoms with Gasteiger partial charge < -0.3 is 21.4 Å². The molecule has 0 amide bonds. The maximum Gasteiger partial charge on any atom is 0.150 e. The first-order chi connectivity index (χ1) is 13.2. The Balaban J connectivity index is 2.28. The minimum atomic E-state index is -0.174. The molecule has 0 radical (unpaired) electrons. The largest absolute Gasteiger partial charge is 0.317 e. The zero-order valence-electron chi connectivity index (χ0n) is 17.7. The van der Waals surface area contributed by atoms with E-state index in [1.165, 1.54) is 6.21 Å². The Labute approximate surface area is 169 Å². The first-order valence-corrected chi connectivity index (χ1v) is 10.0. The first kappa shape index (κ1) is 22.4. The lowest BCUT2D eigenvalue weighted by molar-refractivity contribution is -0.104. The van der Waals surface area contributed by atoms with Gasteiger partial charge >= 0.3 is 0 Å². The molecule has 1 saturated heterocycles. The highest BCUT2D eigenvalue weighted by Gasteiger charge is 2.33. The fraction of sp³-hybridized carbons (Fsp3) is 0.591. The van der Waals surface area contributed by atoms with E-state index in [9.17, 15) is 4.79 Å². The molecule has 0 aromatic rings. The fourth-order valence-corrected chi connectivity index (χ4v) is 4.19. The number of hydrogen-bond acceptors (Lipinski definition) is 6. The van der Waals surface area contributed by atoms with Crippen LogP contribution in [-0.4, -0.2) is 56.0 Å². The number of carbonyl (C=O) groups is 1. The molecule has 6 heteroatoms. The highest BCUT2D eigenvalue weighted by atomic mass is 16.1. The summed E-state index contributed by atoms with van der Waals surface area (Å²) in [5.74, 6) is 0. The van der Waals surface area contributed by atoms with Crippen LogP contribution in [0.1, 0.15) is 47.0 Å². The number of carbonyl (C=O) groups excluding carboxylic acids is 1. The van der Waals surface area contributed by atoms with E-state index in [1.807, 2.05) is 0 Å². The maximum atomic E-state index is 11.8. The van der Waals surface area contributed by atoms with Gasteiger partial charge in [-0.1, -0.05) is 6.08 Å². The zero-order chi connectivity index (χ0) is 20.8. The van der Waals surface area contributed by atoms with Crippen molar-refractivity contribution in [1.82, 2.24) is 16.0 Å². The standard InChI is InChI=1S/C22H35N5O/c1-21(2)11-17(12-22(3,4)27-21)20(24-5)10-16(15-28)18(13-23)14-26-19-6-8-25-9-7-19/h10-11,13,15,19,23,25-27H,5-9,12,14H2,1-4H3/b18-16+,20-10-,23-13?. The Bertz CT molecular complexity index is 694. The molecular formula is C22H35N5O. The smallest absolute Gasteiger partial charge is 0.150 e. The summed E-state index contributed by atoms with van der Waals surface area (Å²) in [5.41, 5.74) is 2.66. The molecule has 2 heterocycles. The van der Waals surface area contributed by atoms with Gasteiger partial charge in [-0.2, -0.15) is 0 Å². The molecule has 2 aliphatic rings. The Morgan fingerprint density at radius 3 is 2.57 bits per heavy atom. The number of aldehydes is 1. The van der Waals surface area contributed by atoms with Crippen molar-refractivity contribution in [2.75, 3.05) is 19.6 Å². The molecule has 0 aromatic heterocycles. The molecule has 0 spiro atoms. The number of hydrogen-bond donors (Lipinski definition) is 4. The average Bonchev–Trinajstić information content (AvgIpc) is 2.62. The van der Waals surface area contributed by atoms with Crippen LogP contribution >= 0.6 is 0 Å². The fourth-order valence-electron chi connectivity index (χ4n) is 4.19. The molecule has 0 aromatic carbocycles. The molecule has 2 aliphatic heterocycles. The van der Waals surface area contributed by atoms with E-state index < -0.39 is 0 Å². The summed E-state index contributed by atoms with van der Waals surface area (Å²) in [6.07, 6.45) is 8.91. The quantitative estimate of drug-likeness (QED) is 0.224. The van der Waals surface area contributed by atoms with Crippen molar-refractivity contribution in [3.05, 3.63) is 34.6 Å². The first-order valence-electron chi connectivity index (χ1n) is 10.0. The lowest BCUT2D eigenvalue weighted by Crippen LogP contribution is -2.54. The molecule has 2 rings (SSSR count). The number of allylic oxidation sites excluding steroid dienone is 3. The van der Waals surface area contributed by atoms with Gasteiger partial charge in [0.1, 0.15) is 0 Å². The number of nitrogens with one attached hydrogen (secondary N) is 4. The minimum Gasteiger partial charge on any atom is -0.317 e. The van der Waals surface area contributed by atoms with Crippen LogP contribution in [0.2, 0.25) is 0 Å². The van der Waals surface area contributed by atoms with Crippen molar-refractivity contribution in [3.8, 4) is 0 Å². The Hall–Kier alpha value is -1.89. The van der Waals surface area contributed by atoms with Crippen LogP contribution in [0, 0.1) is 5.41 Å². The molecule has 28 heavy (non-hydrogen) atoms. The molecule has 0 bridgehead atoms. The second-order valence-corrected chi connectivity index (χ2v) is 8.91. The highest BCUT2D eigenvalue weighted by molar-refractivity contribution is 5.91. The van der Waals surface area contributed by atoms with E-state index in [0.29, 0.717) is 29.4 Å². The third-order valence-electron chi connectivity index (χ3n) is 5.21. The summed E-state index contributed by atoms with van der Waals surface area (Å²) in [6.45, 7) is 14.8. The highest BCUT2D eigenvalue weighted by Crippen LogP contribution is 2.32.